The molecule has 0 aromatic carbocycles. The molecule has 1 amide bonds. The van der Waals surface area contributed by atoms with Crippen molar-refractivity contribution in [1.82, 2.24) is 20.0 Å². The van der Waals surface area contributed by atoms with E-state index in [1.54, 1.807) is 0 Å². The number of anilines is 1. The summed E-state index contributed by atoms with van der Waals surface area (Å²) >= 11 is 0. The zero-order valence-corrected chi connectivity index (χ0v) is 14.6. The minimum absolute atomic E-state index is 0.124. The molecule has 136 valence electrons. The molecule has 2 heterocycles. The lowest BCUT2D eigenvalue weighted by Crippen LogP contribution is -2.19. The second kappa shape index (κ2) is 7.36. The first kappa shape index (κ1) is 17.6. The Hall–Kier alpha value is -2.20. The van der Waals surface area contributed by atoms with Gasteiger partial charge in [-0.2, -0.15) is 10.2 Å². The van der Waals surface area contributed by atoms with Crippen molar-refractivity contribution in [2.75, 3.05) is 5.32 Å². The maximum absolute atomic E-state index is 12.1. The van der Waals surface area contributed by atoms with Crippen molar-refractivity contribution in [3.63, 3.8) is 0 Å². The zero-order chi connectivity index (χ0) is 17.9. The van der Waals surface area contributed by atoms with E-state index >= 15 is 0 Å². The van der Waals surface area contributed by atoms with Crippen molar-refractivity contribution < 1.29 is 13.2 Å². The third kappa shape index (κ3) is 4.67. The van der Waals surface area contributed by atoms with Crippen LogP contribution in [-0.4, -0.2) is 34.3 Å². The number of carbonyl (C=O) groups is 1. The number of hydrogen-bond donors (Lipinski definition) is 3. The molecule has 0 aliphatic heterocycles. The molecule has 0 bridgehead atoms. The fourth-order valence-corrected chi connectivity index (χ4v) is 3.57. The van der Waals surface area contributed by atoms with Crippen molar-refractivity contribution in [1.29, 1.82) is 0 Å². The van der Waals surface area contributed by atoms with Gasteiger partial charge in [0, 0.05) is 23.9 Å². The summed E-state index contributed by atoms with van der Waals surface area (Å²) in [5, 5.41) is 18.7. The molecule has 1 aliphatic carbocycles. The van der Waals surface area contributed by atoms with Crippen LogP contribution >= 0.6 is 0 Å². The van der Waals surface area contributed by atoms with Crippen LogP contribution in [0.2, 0.25) is 0 Å². The van der Waals surface area contributed by atoms with Crippen LogP contribution < -0.4 is 10.5 Å². The van der Waals surface area contributed by atoms with Gasteiger partial charge in [0.25, 0.3) is 0 Å². The zero-order valence-electron chi connectivity index (χ0n) is 13.8. The van der Waals surface area contributed by atoms with Gasteiger partial charge in [-0.25, -0.2) is 13.6 Å². The largest absolute Gasteiger partial charge is 0.308 e. The highest BCUT2D eigenvalue weighted by Gasteiger charge is 2.18. The summed E-state index contributed by atoms with van der Waals surface area (Å²) in [4.78, 5) is 11.9. The van der Waals surface area contributed by atoms with Crippen LogP contribution in [0.25, 0.3) is 0 Å². The topological polar surface area (TPSA) is 136 Å². The van der Waals surface area contributed by atoms with E-state index in [2.05, 4.69) is 20.6 Å². The molecule has 0 spiro atoms. The van der Waals surface area contributed by atoms with Gasteiger partial charge in [0.05, 0.1) is 6.20 Å². The van der Waals surface area contributed by atoms with Crippen molar-refractivity contribution >= 4 is 21.7 Å². The van der Waals surface area contributed by atoms with E-state index in [4.69, 9.17) is 5.14 Å². The first-order valence-electron chi connectivity index (χ1n) is 8.32. The minimum Gasteiger partial charge on any atom is -0.308 e. The summed E-state index contributed by atoms with van der Waals surface area (Å²) in [6.45, 7) is -0.124. The molecule has 0 unspecified atom stereocenters. The van der Waals surface area contributed by atoms with E-state index < -0.39 is 10.0 Å². The number of nitrogens with zero attached hydrogens (tertiary/aromatic N) is 3. The fraction of sp³-hybridized carbons (Fsp3) is 0.533. The van der Waals surface area contributed by atoms with Crippen LogP contribution in [-0.2, 0) is 21.4 Å². The van der Waals surface area contributed by atoms with Gasteiger partial charge in [-0.1, -0.05) is 25.7 Å². The van der Waals surface area contributed by atoms with Crippen LogP contribution in [0, 0.1) is 0 Å². The molecule has 0 radical (unpaired) electrons. The molecule has 0 atom stereocenters. The molecule has 0 saturated heterocycles. The van der Waals surface area contributed by atoms with E-state index in [1.165, 1.54) is 36.6 Å². The highest BCUT2D eigenvalue weighted by Crippen LogP contribution is 2.31. The maximum atomic E-state index is 12.1. The van der Waals surface area contributed by atoms with E-state index in [9.17, 15) is 13.2 Å². The summed E-state index contributed by atoms with van der Waals surface area (Å²) < 4.78 is 23.6. The summed E-state index contributed by atoms with van der Waals surface area (Å²) in [6.07, 6.45) is 9.60. The molecule has 2 aromatic heterocycles. The normalized spacial score (nSPS) is 16.5. The maximum Gasteiger partial charge on any atom is 0.247 e. The van der Waals surface area contributed by atoms with E-state index in [0.717, 1.165) is 24.7 Å². The fourth-order valence-electron chi connectivity index (χ4n) is 3.11. The van der Waals surface area contributed by atoms with Gasteiger partial charge in [0.1, 0.15) is 11.4 Å². The second-order valence-corrected chi connectivity index (χ2v) is 7.93. The lowest BCUT2D eigenvalue weighted by atomic mass is 9.97. The van der Waals surface area contributed by atoms with Crippen LogP contribution in [0.5, 0.6) is 0 Å². The molecule has 10 heteroatoms. The first-order chi connectivity index (χ1) is 11.9. The van der Waals surface area contributed by atoms with E-state index in [1.807, 2.05) is 6.07 Å². The summed E-state index contributed by atoms with van der Waals surface area (Å²) in [5.41, 5.74) is 1.05. The molecule has 1 fully saturated rings. The number of sulfonamides is 1. The smallest absolute Gasteiger partial charge is 0.247 e. The van der Waals surface area contributed by atoms with Gasteiger partial charge in [0.2, 0.25) is 15.9 Å². The number of H-pyrrole nitrogens is 1. The van der Waals surface area contributed by atoms with Crippen molar-refractivity contribution in [2.24, 2.45) is 5.14 Å². The minimum atomic E-state index is -3.82. The Bertz CT molecular complexity index is 833. The van der Waals surface area contributed by atoms with Crippen molar-refractivity contribution in [3.8, 4) is 0 Å². The van der Waals surface area contributed by atoms with E-state index in [-0.39, 0.29) is 17.3 Å². The Morgan fingerprint density at radius 2 is 2.04 bits per heavy atom. The van der Waals surface area contributed by atoms with Gasteiger partial charge in [-0.15, -0.1) is 0 Å². The van der Waals surface area contributed by atoms with Gasteiger partial charge in [-0.05, 0) is 12.8 Å². The monoisotopic (exact) mass is 366 g/mol. The number of amides is 1. The lowest BCUT2D eigenvalue weighted by Gasteiger charge is -2.10. The van der Waals surface area contributed by atoms with Crippen LogP contribution in [0.15, 0.2) is 23.4 Å². The number of rotatable bonds is 5. The van der Waals surface area contributed by atoms with Gasteiger partial charge in [-0.3, -0.25) is 14.6 Å². The molecule has 4 N–H and O–H groups in total. The van der Waals surface area contributed by atoms with Crippen LogP contribution in [0.3, 0.4) is 0 Å². The molecule has 1 aliphatic rings. The standard InChI is InChI=1S/C15H22N6O3S/c16-25(23,24)12-8-17-21(9-12)10-15(22)18-14-7-13(19-20-14)11-5-3-1-2-4-6-11/h7-9,11H,1-6,10H2,(H2,16,23,24)(H2,18,19,20,22). The molecule has 1 saturated carbocycles. The SMILES string of the molecule is NS(=O)(=O)c1cnn(CC(=O)Nc2cc(C3CCCCCC3)[nH]n2)c1. The lowest BCUT2D eigenvalue weighted by molar-refractivity contribution is -0.116. The number of nitrogens with one attached hydrogen (secondary N) is 2. The van der Waals surface area contributed by atoms with Gasteiger partial charge >= 0.3 is 0 Å². The molecule has 25 heavy (non-hydrogen) atoms. The number of nitrogens with two attached hydrogens (primary N) is 1. The van der Waals surface area contributed by atoms with E-state index in [0.29, 0.717) is 11.7 Å². The number of primary sulfonamides is 1. The summed E-state index contributed by atoms with van der Waals surface area (Å²) in [7, 11) is -3.82. The van der Waals surface area contributed by atoms with Gasteiger partial charge in [0.15, 0.2) is 5.82 Å². The van der Waals surface area contributed by atoms with Crippen LogP contribution in [0.1, 0.15) is 50.1 Å². The number of aromatic amines is 1. The molecule has 3 rings (SSSR count). The highest BCUT2D eigenvalue weighted by molar-refractivity contribution is 7.89. The average molecular weight is 366 g/mol. The number of carbonyl (C=O) groups excluding carboxylic acids is 1. The van der Waals surface area contributed by atoms with Gasteiger partial charge < -0.3 is 5.32 Å². The molecule has 9 nitrogen and oxygen atoms in total. The molecular formula is C15H22N6O3S. The Kier molecular flexibility index (Phi) is 5.19. The van der Waals surface area contributed by atoms with Crippen molar-refractivity contribution in [3.05, 3.63) is 24.2 Å². The second-order valence-electron chi connectivity index (χ2n) is 6.36. The Morgan fingerprint density at radius 1 is 1.32 bits per heavy atom. The predicted molar refractivity (Wildman–Crippen MR) is 91.3 cm³/mol. The Morgan fingerprint density at radius 3 is 2.68 bits per heavy atom. The quantitative estimate of drug-likeness (QED) is 0.686. The summed E-state index contributed by atoms with van der Waals surface area (Å²) in [5.74, 6) is 0.579. The van der Waals surface area contributed by atoms with Crippen LogP contribution in [0.4, 0.5) is 5.82 Å². The number of aromatic nitrogens is 4. The van der Waals surface area contributed by atoms with Crippen molar-refractivity contribution in [2.45, 2.75) is 55.9 Å². The highest BCUT2D eigenvalue weighted by atomic mass is 32.2. The molecular weight excluding hydrogens is 344 g/mol. The number of hydrogen-bond acceptors (Lipinski definition) is 5. The summed E-state index contributed by atoms with van der Waals surface area (Å²) in [6, 6.07) is 1.87. The average Bonchev–Trinajstić information content (AvgIpc) is 3.10. The Balaban J connectivity index is 1.59. The third-order valence-electron chi connectivity index (χ3n) is 4.40. The molecule has 2 aromatic rings. The first-order valence-corrected chi connectivity index (χ1v) is 9.87. The Labute approximate surface area is 146 Å². The third-order valence-corrected chi connectivity index (χ3v) is 5.27. The predicted octanol–water partition coefficient (Wildman–Crippen LogP) is 1.33.